The molecule has 6 rings (SSSR count). The summed E-state index contributed by atoms with van der Waals surface area (Å²) in [5, 5.41) is 54.7. The van der Waals surface area contributed by atoms with Crippen LogP contribution in [0.2, 0.25) is 0 Å². The standard InChI is InChI=1S/C17H29NO9/c1-7(20)18-5-9-16-14(23)15(24)17(27-9)11-10(6-19)26-8(3-2-4-25-16)12(21)13(11)22/h8-17,19,21-24H,2-6H2,1H3,(H,18,20)/t8-,9-,10-,11?,12+,13+,14-,15-,16-,17-/m1/s1. The molecule has 0 aromatic carbocycles. The van der Waals surface area contributed by atoms with Crippen molar-refractivity contribution >= 4 is 5.91 Å². The van der Waals surface area contributed by atoms with Crippen molar-refractivity contribution in [2.24, 2.45) is 5.92 Å². The average Bonchev–Trinajstić information content (AvgIpc) is 2.63. The summed E-state index contributed by atoms with van der Waals surface area (Å²) >= 11 is 0. The average molecular weight is 391 g/mol. The van der Waals surface area contributed by atoms with Gasteiger partial charge in [-0.05, 0) is 12.8 Å². The minimum Gasteiger partial charge on any atom is -0.394 e. The molecular formula is C17H29NO9. The van der Waals surface area contributed by atoms with Gasteiger partial charge >= 0.3 is 0 Å². The number of carbonyl (C=O) groups is 1. The van der Waals surface area contributed by atoms with Gasteiger partial charge in [-0.3, -0.25) is 4.79 Å². The van der Waals surface area contributed by atoms with E-state index in [4.69, 9.17) is 14.2 Å². The third-order valence-electron chi connectivity index (χ3n) is 5.68. The maximum absolute atomic E-state index is 11.3. The zero-order valence-electron chi connectivity index (χ0n) is 15.2. The Kier molecular flexibility index (Phi) is 6.70. The number of rotatable bonds is 3. The van der Waals surface area contributed by atoms with Crippen LogP contribution in [-0.2, 0) is 19.0 Å². The first-order chi connectivity index (χ1) is 12.8. The Bertz CT molecular complexity index is 519. The second kappa shape index (κ2) is 8.66. The van der Waals surface area contributed by atoms with E-state index in [0.29, 0.717) is 12.8 Å². The third kappa shape index (κ3) is 4.13. The van der Waals surface area contributed by atoms with Crippen molar-refractivity contribution in [1.82, 2.24) is 5.32 Å². The summed E-state index contributed by atoms with van der Waals surface area (Å²) in [6.07, 6.45) is -8.75. The number of carbonyl (C=O) groups excluding carboxylic acids is 1. The molecule has 6 N–H and O–H groups in total. The van der Waals surface area contributed by atoms with Crippen molar-refractivity contribution in [3.8, 4) is 0 Å². The summed E-state index contributed by atoms with van der Waals surface area (Å²) in [5.41, 5.74) is 0. The molecule has 1 amide bonds. The third-order valence-corrected chi connectivity index (χ3v) is 5.68. The Morgan fingerprint density at radius 2 is 1.70 bits per heavy atom. The van der Waals surface area contributed by atoms with Gasteiger partial charge in [0.25, 0.3) is 0 Å². The van der Waals surface area contributed by atoms with E-state index >= 15 is 0 Å². The summed E-state index contributed by atoms with van der Waals surface area (Å²) in [6.45, 7) is 1.15. The lowest BCUT2D eigenvalue weighted by Gasteiger charge is -2.51. The van der Waals surface area contributed by atoms with Gasteiger partial charge in [-0.15, -0.1) is 0 Å². The van der Waals surface area contributed by atoms with Gasteiger partial charge in [-0.1, -0.05) is 0 Å². The summed E-state index contributed by atoms with van der Waals surface area (Å²) < 4.78 is 17.4. The fourth-order valence-corrected chi connectivity index (χ4v) is 4.28. The molecule has 1 unspecified atom stereocenters. The number of hydrogen-bond acceptors (Lipinski definition) is 9. The van der Waals surface area contributed by atoms with Crippen molar-refractivity contribution in [3.05, 3.63) is 0 Å². The van der Waals surface area contributed by atoms with E-state index in [1.54, 1.807) is 0 Å². The largest absolute Gasteiger partial charge is 0.394 e. The highest BCUT2D eigenvalue weighted by Crippen LogP contribution is 2.37. The van der Waals surface area contributed by atoms with Gasteiger partial charge in [0.2, 0.25) is 5.91 Å². The van der Waals surface area contributed by atoms with Gasteiger partial charge < -0.3 is 45.1 Å². The lowest BCUT2D eigenvalue weighted by molar-refractivity contribution is -0.294. The second-order valence-corrected chi connectivity index (χ2v) is 7.49. The molecule has 6 fully saturated rings. The topological polar surface area (TPSA) is 158 Å². The molecule has 0 aromatic heterocycles. The number of nitrogens with one attached hydrogen (secondary N) is 1. The molecule has 0 aromatic rings. The van der Waals surface area contributed by atoms with Crippen molar-refractivity contribution in [1.29, 1.82) is 0 Å². The Hall–Kier alpha value is -0.850. The zero-order chi connectivity index (χ0) is 19.7. The molecule has 0 saturated carbocycles. The summed E-state index contributed by atoms with van der Waals surface area (Å²) in [7, 11) is 0. The maximum atomic E-state index is 11.3. The van der Waals surface area contributed by atoms with Crippen LogP contribution in [0, 0.1) is 5.92 Å². The Morgan fingerprint density at radius 3 is 2.37 bits per heavy atom. The molecule has 10 atom stereocenters. The van der Waals surface area contributed by atoms with Crippen LogP contribution in [0.5, 0.6) is 0 Å². The Balaban J connectivity index is 1.93. The van der Waals surface area contributed by atoms with E-state index in [1.165, 1.54) is 6.92 Å². The first-order valence-electron chi connectivity index (χ1n) is 9.35. The van der Waals surface area contributed by atoms with Crippen molar-refractivity contribution in [2.45, 2.75) is 74.7 Å². The van der Waals surface area contributed by atoms with Gasteiger partial charge in [-0.25, -0.2) is 0 Å². The Morgan fingerprint density at radius 1 is 1.00 bits per heavy atom. The molecule has 0 aliphatic carbocycles. The van der Waals surface area contributed by atoms with Crippen LogP contribution in [-0.4, -0.2) is 106 Å². The molecule has 6 saturated heterocycles. The number of hydrogen-bond donors (Lipinski definition) is 6. The quantitative estimate of drug-likeness (QED) is 0.293. The zero-order valence-corrected chi connectivity index (χ0v) is 15.2. The van der Waals surface area contributed by atoms with Crippen molar-refractivity contribution in [2.75, 3.05) is 19.8 Å². The molecule has 10 heteroatoms. The van der Waals surface area contributed by atoms with E-state index in [2.05, 4.69) is 5.32 Å². The smallest absolute Gasteiger partial charge is 0.216 e. The highest BCUT2D eigenvalue weighted by molar-refractivity contribution is 5.72. The molecule has 6 heterocycles. The predicted octanol–water partition coefficient (Wildman–Crippen LogP) is -3.11. The molecule has 4 bridgehead atoms. The molecule has 27 heavy (non-hydrogen) atoms. The predicted molar refractivity (Wildman–Crippen MR) is 89.6 cm³/mol. The summed E-state index contributed by atoms with van der Waals surface area (Å²) in [5.74, 6) is -1.26. The van der Waals surface area contributed by atoms with Crippen LogP contribution in [0.25, 0.3) is 0 Å². The molecule has 0 spiro atoms. The lowest BCUT2D eigenvalue weighted by Crippen LogP contribution is -2.68. The van der Waals surface area contributed by atoms with Crippen molar-refractivity contribution < 1.29 is 44.5 Å². The van der Waals surface area contributed by atoms with E-state index in [0.717, 1.165) is 0 Å². The van der Waals surface area contributed by atoms with E-state index in [9.17, 15) is 30.3 Å². The summed E-state index contributed by atoms with van der Waals surface area (Å²) in [6, 6.07) is 0. The van der Waals surface area contributed by atoms with Gasteiger partial charge in [0.15, 0.2) is 0 Å². The maximum Gasteiger partial charge on any atom is 0.216 e. The van der Waals surface area contributed by atoms with Crippen LogP contribution >= 0.6 is 0 Å². The van der Waals surface area contributed by atoms with Crippen LogP contribution in [0.3, 0.4) is 0 Å². The lowest BCUT2D eigenvalue weighted by atomic mass is 9.77. The fourth-order valence-electron chi connectivity index (χ4n) is 4.28. The van der Waals surface area contributed by atoms with Gasteiger partial charge in [0.1, 0.15) is 30.5 Å². The molecule has 6 aliphatic heterocycles. The minimum absolute atomic E-state index is 0.0406. The second-order valence-electron chi connectivity index (χ2n) is 7.49. The normalized spacial score (nSPS) is 47.9. The van der Waals surface area contributed by atoms with E-state index in [1.807, 2.05) is 0 Å². The molecular weight excluding hydrogens is 362 g/mol. The monoisotopic (exact) mass is 391 g/mol. The molecule has 10 nitrogen and oxygen atoms in total. The Labute approximate surface area is 157 Å². The van der Waals surface area contributed by atoms with E-state index < -0.39 is 67.5 Å². The highest BCUT2D eigenvalue weighted by Gasteiger charge is 2.55. The first-order valence-corrected chi connectivity index (χ1v) is 9.35. The van der Waals surface area contributed by atoms with Crippen molar-refractivity contribution in [3.63, 3.8) is 0 Å². The minimum atomic E-state index is -1.43. The van der Waals surface area contributed by atoms with Crippen LogP contribution in [0.1, 0.15) is 19.8 Å². The van der Waals surface area contributed by atoms with Gasteiger partial charge in [-0.2, -0.15) is 0 Å². The van der Waals surface area contributed by atoms with Crippen LogP contribution < -0.4 is 5.32 Å². The summed E-state index contributed by atoms with van der Waals surface area (Å²) in [4.78, 5) is 11.3. The molecule has 0 radical (unpaired) electrons. The van der Waals surface area contributed by atoms with Gasteiger partial charge in [0, 0.05) is 26.0 Å². The number of amides is 1. The first kappa shape index (κ1) is 20.9. The molecule has 6 aliphatic rings. The van der Waals surface area contributed by atoms with Crippen LogP contribution in [0.4, 0.5) is 0 Å². The van der Waals surface area contributed by atoms with Gasteiger partial charge in [0.05, 0.1) is 31.0 Å². The van der Waals surface area contributed by atoms with Crippen LogP contribution in [0.15, 0.2) is 0 Å². The van der Waals surface area contributed by atoms with E-state index in [-0.39, 0.29) is 19.1 Å². The number of aliphatic hydroxyl groups is 5. The molecule has 156 valence electrons. The highest BCUT2D eigenvalue weighted by atomic mass is 16.6. The SMILES string of the molecule is CC(=O)NC[C@H]1O[C@@H]2C3[C@@H](CO)O[C@H](CCCO[C@H]1[C@H](O)[C@H]2O)[C@H](O)[C@H]3O. The fraction of sp³-hybridized carbons (Fsp3) is 0.941. The number of aliphatic hydroxyl groups excluding tert-OH is 5. The number of ether oxygens (including phenoxy) is 3.